The number of thioether (sulfide) groups is 1. The van der Waals surface area contributed by atoms with E-state index in [1.54, 1.807) is 0 Å². The van der Waals surface area contributed by atoms with Crippen LogP contribution in [0.3, 0.4) is 0 Å². The van der Waals surface area contributed by atoms with Crippen LogP contribution < -0.4 is 0 Å². The summed E-state index contributed by atoms with van der Waals surface area (Å²) in [4.78, 5) is 2.49. The molecule has 0 aromatic heterocycles. The van der Waals surface area contributed by atoms with E-state index in [0.717, 1.165) is 11.3 Å². The Kier molecular flexibility index (Phi) is 1.05. The molecule has 0 radical (unpaired) electrons. The maximum atomic E-state index is 2.49. The molecule has 2 rings (SSSR count). The molecule has 2 heterocycles. The maximum Gasteiger partial charge on any atom is 0.0194 e. The molecule has 0 saturated carbocycles. The molecule has 0 unspecified atom stereocenters. The Morgan fingerprint density at radius 1 is 1.62 bits per heavy atom. The first kappa shape index (κ1) is 5.12. The summed E-state index contributed by atoms with van der Waals surface area (Å²) < 4.78 is 0. The fourth-order valence-electron chi connectivity index (χ4n) is 1.59. The highest BCUT2D eigenvalue weighted by Crippen LogP contribution is 2.35. The first-order chi connectivity index (χ1) is 3.86. The van der Waals surface area contributed by atoms with Crippen molar-refractivity contribution >= 4 is 11.8 Å². The fourth-order valence-corrected chi connectivity index (χ4v) is 3.18. The molecule has 0 aromatic rings. The smallest absolute Gasteiger partial charge is 0.0194 e. The van der Waals surface area contributed by atoms with Gasteiger partial charge in [-0.05, 0) is 13.5 Å². The Morgan fingerprint density at radius 3 is 2.75 bits per heavy atom. The van der Waals surface area contributed by atoms with E-state index >= 15 is 0 Å². The zero-order chi connectivity index (χ0) is 5.56. The number of hydrogen-bond acceptors (Lipinski definition) is 2. The molecular formula is C6H11NS. The highest BCUT2D eigenvalue weighted by Gasteiger charge is 2.35. The quantitative estimate of drug-likeness (QED) is 0.476. The van der Waals surface area contributed by atoms with E-state index in [2.05, 4.69) is 23.7 Å². The molecular weight excluding hydrogens is 118 g/mol. The van der Waals surface area contributed by atoms with Crippen LogP contribution in [0.15, 0.2) is 0 Å². The minimum atomic E-state index is 0.935. The summed E-state index contributed by atoms with van der Waals surface area (Å²) in [6.07, 6.45) is 1.46. The highest BCUT2D eigenvalue weighted by molar-refractivity contribution is 8.00. The average molecular weight is 129 g/mol. The third-order valence-electron chi connectivity index (χ3n) is 2.17. The van der Waals surface area contributed by atoms with E-state index in [4.69, 9.17) is 0 Å². The Balaban J connectivity index is 2.11. The molecule has 1 nitrogen and oxygen atoms in total. The molecule has 46 valence electrons. The normalized spacial score (nSPS) is 46.1. The monoisotopic (exact) mass is 129 g/mol. The van der Waals surface area contributed by atoms with Gasteiger partial charge in [0.25, 0.3) is 0 Å². The molecule has 2 atom stereocenters. The van der Waals surface area contributed by atoms with Gasteiger partial charge in [-0.2, -0.15) is 11.8 Å². The van der Waals surface area contributed by atoms with Crippen molar-refractivity contribution in [2.45, 2.75) is 17.7 Å². The van der Waals surface area contributed by atoms with Crippen LogP contribution in [0.1, 0.15) is 6.42 Å². The van der Waals surface area contributed by atoms with E-state index in [-0.39, 0.29) is 0 Å². The average Bonchev–Trinajstić information content (AvgIpc) is 2.23. The fraction of sp³-hybridized carbons (Fsp3) is 1.00. The van der Waals surface area contributed by atoms with Crippen LogP contribution in [-0.2, 0) is 0 Å². The largest absolute Gasteiger partial charge is 0.301 e. The summed E-state index contributed by atoms with van der Waals surface area (Å²) >= 11 is 2.15. The lowest BCUT2D eigenvalue weighted by Gasteiger charge is -2.20. The number of rotatable bonds is 0. The highest BCUT2D eigenvalue weighted by atomic mass is 32.2. The molecule has 0 aliphatic carbocycles. The summed E-state index contributed by atoms with van der Waals surface area (Å²) in [5.41, 5.74) is 0. The van der Waals surface area contributed by atoms with Crippen molar-refractivity contribution in [1.29, 1.82) is 0 Å². The van der Waals surface area contributed by atoms with Crippen LogP contribution in [0.2, 0.25) is 0 Å². The van der Waals surface area contributed by atoms with Crippen LogP contribution >= 0.6 is 11.8 Å². The van der Waals surface area contributed by atoms with Crippen LogP contribution in [-0.4, -0.2) is 35.5 Å². The Labute approximate surface area is 54.4 Å². The number of nitrogens with zero attached hydrogens (tertiary/aromatic N) is 1. The van der Waals surface area contributed by atoms with Crippen LogP contribution in [0.4, 0.5) is 0 Å². The standard InChI is InChI=1S/C6H11NS/c1-7-3-6-2-5(7)4-8-6/h5-6H,2-4H2,1H3/t5-,6-/m0/s1. The second-order valence-corrected chi connectivity index (χ2v) is 4.12. The van der Waals surface area contributed by atoms with Crippen molar-refractivity contribution < 1.29 is 0 Å². The molecule has 2 aliphatic heterocycles. The van der Waals surface area contributed by atoms with Crippen LogP contribution in [0, 0.1) is 0 Å². The molecule has 2 bridgehead atoms. The second-order valence-electron chi connectivity index (χ2n) is 2.78. The van der Waals surface area contributed by atoms with Gasteiger partial charge in [0, 0.05) is 23.6 Å². The zero-order valence-electron chi connectivity index (χ0n) is 5.13. The molecule has 2 heteroatoms. The summed E-state index contributed by atoms with van der Waals surface area (Å²) in [6, 6.07) is 0.935. The van der Waals surface area contributed by atoms with Crippen molar-refractivity contribution in [3.8, 4) is 0 Å². The topological polar surface area (TPSA) is 3.24 Å². The van der Waals surface area contributed by atoms with Gasteiger partial charge < -0.3 is 4.90 Å². The van der Waals surface area contributed by atoms with E-state index in [9.17, 15) is 0 Å². The minimum absolute atomic E-state index is 0.935. The van der Waals surface area contributed by atoms with Gasteiger partial charge in [0.1, 0.15) is 0 Å². The SMILES string of the molecule is CN1C[C@@H]2C[C@H]1CS2. The lowest BCUT2D eigenvalue weighted by molar-refractivity contribution is 0.332. The molecule has 0 spiro atoms. The van der Waals surface area contributed by atoms with Crippen molar-refractivity contribution in [3.63, 3.8) is 0 Å². The van der Waals surface area contributed by atoms with Crippen molar-refractivity contribution in [1.82, 2.24) is 4.90 Å². The maximum absolute atomic E-state index is 2.49. The predicted molar refractivity (Wildman–Crippen MR) is 37.3 cm³/mol. The van der Waals surface area contributed by atoms with Crippen LogP contribution in [0.25, 0.3) is 0 Å². The van der Waals surface area contributed by atoms with Gasteiger partial charge in [-0.15, -0.1) is 0 Å². The molecule has 0 aromatic carbocycles. The van der Waals surface area contributed by atoms with Crippen molar-refractivity contribution in [2.75, 3.05) is 19.3 Å². The first-order valence-corrected chi connectivity index (χ1v) is 4.23. The van der Waals surface area contributed by atoms with Gasteiger partial charge in [-0.1, -0.05) is 0 Å². The molecule has 0 N–H and O–H groups in total. The van der Waals surface area contributed by atoms with Gasteiger partial charge in [-0.3, -0.25) is 0 Å². The van der Waals surface area contributed by atoms with Crippen LogP contribution in [0.5, 0.6) is 0 Å². The molecule has 2 fully saturated rings. The molecule has 2 aliphatic rings. The van der Waals surface area contributed by atoms with Gasteiger partial charge in [0.05, 0.1) is 0 Å². The van der Waals surface area contributed by atoms with E-state index in [1.165, 1.54) is 18.7 Å². The summed E-state index contributed by atoms with van der Waals surface area (Å²) in [5.74, 6) is 1.39. The molecule has 0 amide bonds. The zero-order valence-corrected chi connectivity index (χ0v) is 5.95. The predicted octanol–water partition coefficient (Wildman–Crippen LogP) is 0.806. The van der Waals surface area contributed by atoms with Gasteiger partial charge in [0.15, 0.2) is 0 Å². The lowest BCUT2D eigenvalue weighted by atomic mass is 10.2. The van der Waals surface area contributed by atoms with Crippen molar-refractivity contribution in [2.24, 2.45) is 0 Å². The number of likely N-dealkylation sites (tertiary alicyclic amines) is 1. The van der Waals surface area contributed by atoms with Crippen molar-refractivity contribution in [3.05, 3.63) is 0 Å². The molecule has 2 saturated heterocycles. The van der Waals surface area contributed by atoms with E-state index < -0.39 is 0 Å². The number of fused-ring (bicyclic) bond motifs is 2. The summed E-state index contributed by atoms with van der Waals surface area (Å²) in [5, 5.41) is 0.991. The van der Waals surface area contributed by atoms with E-state index in [1.807, 2.05) is 0 Å². The third kappa shape index (κ3) is 0.594. The van der Waals surface area contributed by atoms with Gasteiger partial charge in [0.2, 0.25) is 0 Å². The minimum Gasteiger partial charge on any atom is -0.301 e. The second kappa shape index (κ2) is 1.64. The van der Waals surface area contributed by atoms with E-state index in [0.29, 0.717) is 0 Å². The Hall–Kier alpha value is 0.310. The first-order valence-electron chi connectivity index (χ1n) is 3.18. The third-order valence-corrected chi connectivity index (χ3v) is 3.56. The lowest BCUT2D eigenvalue weighted by Crippen LogP contribution is -2.29. The van der Waals surface area contributed by atoms with Gasteiger partial charge >= 0.3 is 0 Å². The molecule has 8 heavy (non-hydrogen) atoms. The Bertz CT molecular complexity index is 103. The number of hydrogen-bond donors (Lipinski definition) is 0. The van der Waals surface area contributed by atoms with Gasteiger partial charge in [-0.25, -0.2) is 0 Å². The Morgan fingerprint density at radius 2 is 2.50 bits per heavy atom. The summed E-state index contributed by atoms with van der Waals surface area (Å²) in [6.45, 7) is 1.34. The summed E-state index contributed by atoms with van der Waals surface area (Å²) in [7, 11) is 2.24.